The average molecular weight is 444 g/mol. The lowest BCUT2D eigenvalue weighted by atomic mass is 10.1. The van der Waals surface area contributed by atoms with Crippen molar-refractivity contribution in [1.29, 1.82) is 0 Å². The fourth-order valence-electron chi connectivity index (χ4n) is 2.70. The van der Waals surface area contributed by atoms with Crippen LogP contribution in [0.2, 0.25) is 0 Å². The summed E-state index contributed by atoms with van der Waals surface area (Å²) in [6.07, 6.45) is 0.119. The molecule has 1 heterocycles. The zero-order chi connectivity index (χ0) is 22.4. The lowest BCUT2D eigenvalue weighted by molar-refractivity contribution is -0.139. The third kappa shape index (κ3) is 6.06. The van der Waals surface area contributed by atoms with E-state index >= 15 is 0 Å². The number of carboxylic acid groups (broad SMARTS) is 1. The number of aryl methyl sites for hydroxylation is 1. The van der Waals surface area contributed by atoms with E-state index in [2.05, 4.69) is 20.5 Å². The van der Waals surface area contributed by atoms with Gasteiger partial charge < -0.3 is 20.3 Å². The number of benzene rings is 2. The zero-order valence-corrected chi connectivity index (χ0v) is 17.2. The molecule has 0 bridgehead atoms. The number of carbonyl (C=O) groups is 2. The second-order valence-electron chi connectivity index (χ2n) is 6.63. The molecule has 10 nitrogen and oxygen atoms in total. The molecule has 0 aliphatic carbocycles. The van der Waals surface area contributed by atoms with Crippen LogP contribution < -0.4 is 15.4 Å². The molecule has 11 heteroatoms. The number of hydrogen-bond donors (Lipinski definition) is 4. The van der Waals surface area contributed by atoms with Crippen molar-refractivity contribution in [2.75, 3.05) is 10.0 Å². The van der Waals surface area contributed by atoms with Crippen molar-refractivity contribution in [3.63, 3.8) is 0 Å². The number of carbonyl (C=O) groups excluding carboxylic acids is 1. The molecule has 31 heavy (non-hydrogen) atoms. The number of aliphatic carboxylic acids is 1. The molecule has 2 amide bonds. The van der Waals surface area contributed by atoms with Gasteiger partial charge >= 0.3 is 12.0 Å². The van der Waals surface area contributed by atoms with Crippen molar-refractivity contribution in [2.24, 2.45) is 0 Å². The maximum Gasteiger partial charge on any atom is 0.326 e. The molecule has 3 aromatic rings. The molecule has 162 valence electrons. The van der Waals surface area contributed by atoms with E-state index in [9.17, 15) is 23.1 Å². The highest BCUT2D eigenvalue weighted by Gasteiger charge is 2.21. The molecule has 1 unspecified atom stereocenters. The number of rotatable bonds is 8. The minimum Gasteiger partial charge on any atom is -0.480 e. The molecule has 3 rings (SSSR count). The Hall–Kier alpha value is -3.86. The number of nitrogens with zero attached hydrogens (tertiary/aromatic N) is 1. The van der Waals surface area contributed by atoms with Crippen LogP contribution in [0.25, 0.3) is 0 Å². The number of aromatic nitrogens is 1. The predicted octanol–water partition coefficient (Wildman–Crippen LogP) is 2.60. The van der Waals surface area contributed by atoms with Crippen LogP contribution in [0.5, 0.6) is 0 Å². The summed E-state index contributed by atoms with van der Waals surface area (Å²) in [7, 11) is -3.89. The zero-order valence-electron chi connectivity index (χ0n) is 16.4. The molecule has 0 aliphatic heterocycles. The van der Waals surface area contributed by atoms with Gasteiger partial charge in [-0.3, -0.25) is 4.72 Å². The predicted molar refractivity (Wildman–Crippen MR) is 112 cm³/mol. The van der Waals surface area contributed by atoms with Crippen LogP contribution in [0.15, 0.2) is 70.1 Å². The van der Waals surface area contributed by atoms with Gasteiger partial charge in [0.25, 0.3) is 10.0 Å². The SMILES string of the molecule is Cc1cc(NS(=O)(=O)c2ccc(NC(=O)NC(Cc3ccccc3)C(=O)O)cc2)no1. The van der Waals surface area contributed by atoms with Crippen molar-refractivity contribution in [3.8, 4) is 0 Å². The third-order valence-electron chi connectivity index (χ3n) is 4.18. The molecule has 0 radical (unpaired) electrons. The highest BCUT2D eigenvalue weighted by atomic mass is 32.2. The largest absolute Gasteiger partial charge is 0.480 e. The molecule has 1 aromatic heterocycles. The Labute approximate surface area is 178 Å². The van der Waals surface area contributed by atoms with Gasteiger partial charge in [0.05, 0.1) is 4.90 Å². The van der Waals surface area contributed by atoms with Crippen molar-refractivity contribution in [1.82, 2.24) is 10.5 Å². The number of urea groups is 1. The maximum atomic E-state index is 12.4. The minimum atomic E-state index is -3.89. The summed E-state index contributed by atoms with van der Waals surface area (Å²) in [5, 5.41) is 17.8. The van der Waals surface area contributed by atoms with E-state index in [1.54, 1.807) is 31.2 Å². The first-order valence-electron chi connectivity index (χ1n) is 9.13. The summed E-state index contributed by atoms with van der Waals surface area (Å²) in [5.41, 5.74) is 1.05. The molecular weight excluding hydrogens is 424 g/mol. The van der Waals surface area contributed by atoms with Gasteiger partial charge in [-0.2, -0.15) is 0 Å². The van der Waals surface area contributed by atoms with E-state index in [4.69, 9.17) is 4.52 Å². The molecule has 0 saturated carbocycles. The Morgan fingerprint density at radius 3 is 2.35 bits per heavy atom. The minimum absolute atomic E-state index is 0.0494. The van der Waals surface area contributed by atoms with Crippen LogP contribution in [-0.2, 0) is 21.2 Å². The Morgan fingerprint density at radius 1 is 1.10 bits per heavy atom. The van der Waals surface area contributed by atoms with Gasteiger partial charge in [0.2, 0.25) is 0 Å². The van der Waals surface area contributed by atoms with Gasteiger partial charge in [-0.05, 0) is 36.8 Å². The fourth-order valence-corrected chi connectivity index (χ4v) is 3.69. The van der Waals surface area contributed by atoms with Crippen molar-refractivity contribution in [2.45, 2.75) is 24.3 Å². The Balaban J connectivity index is 1.61. The monoisotopic (exact) mass is 444 g/mol. The molecule has 2 aromatic carbocycles. The summed E-state index contributed by atoms with van der Waals surface area (Å²) in [6.45, 7) is 1.63. The first kappa shape index (κ1) is 21.8. The molecular formula is C20H20N4O6S. The summed E-state index contributed by atoms with van der Waals surface area (Å²) >= 11 is 0. The van der Waals surface area contributed by atoms with Crippen molar-refractivity contribution >= 4 is 33.5 Å². The summed E-state index contributed by atoms with van der Waals surface area (Å²) in [6, 6.07) is 13.8. The standard InChI is InChI=1S/C20H20N4O6S/c1-13-11-18(23-30-13)24-31(28,29)16-9-7-15(8-10-16)21-20(27)22-17(19(25)26)12-14-5-3-2-4-6-14/h2-11,17H,12H2,1H3,(H,23,24)(H,25,26)(H2,21,22,27). The topological polar surface area (TPSA) is 151 Å². The first-order valence-corrected chi connectivity index (χ1v) is 10.6. The second kappa shape index (κ2) is 9.30. The number of carboxylic acids is 1. The number of hydrogen-bond acceptors (Lipinski definition) is 6. The van der Waals surface area contributed by atoms with Gasteiger partial charge in [0.1, 0.15) is 11.8 Å². The van der Waals surface area contributed by atoms with Crippen molar-refractivity contribution < 1.29 is 27.6 Å². The second-order valence-corrected chi connectivity index (χ2v) is 8.31. The molecule has 0 fully saturated rings. The van der Waals surface area contributed by atoms with E-state index in [-0.39, 0.29) is 22.8 Å². The van der Waals surface area contributed by atoms with Crippen LogP contribution in [0, 0.1) is 6.92 Å². The van der Waals surface area contributed by atoms with Crippen LogP contribution in [-0.4, -0.2) is 36.7 Å². The maximum absolute atomic E-state index is 12.4. The number of sulfonamides is 1. The number of nitrogens with one attached hydrogen (secondary N) is 3. The average Bonchev–Trinajstić information content (AvgIpc) is 3.12. The smallest absolute Gasteiger partial charge is 0.326 e. The fraction of sp³-hybridized carbons (Fsp3) is 0.150. The van der Waals surface area contributed by atoms with Gasteiger partial charge in [-0.25, -0.2) is 18.0 Å². The quantitative estimate of drug-likeness (QED) is 0.417. The Morgan fingerprint density at radius 2 is 1.77 bits per heavy atom. The third-order valence-corrected chi connectivity index (χ3v) is 5.55. The van der Waals surface area contributed by atoms with Gasteiger partial charge in [0, 0.05) is 18.2 Å². The number of anilines is 2. The van der Waals surface area contributed by atoms with Crippen LogP contribution in [0.1, 0.15) is 11.3 Å². The Kier molecular flexibility index (Phi) is 6.55. The summed E-state index contributed by atoms with van der Waals surface area (Å²) in [5.74, 6) is -0.665. The lowest BCUT2D eigenvalue weighted by Crippen LogP contribution is -2.44. The molecule has 0 spiro atoms. The van der Waals surface area contributed by atoms with Crippen LogP contribution in [0.3, 0.4) is 0 Å². The first-order chi connectivity index (χ1) is 14.7. The van der Waals surface area contributed by atoms with E-state index < -0.39 is 28.1 Å². The highest BCUT2D eigenvalue weighted by molar-refractivity contribution is 7.92. The van der Waals surface area contributed by atoms with E-state index in [0.29, 0.717) is 5.76 Å². The lowest BCUT2D eigenvalue weighted by Gasteiger charge is -2.15. The van der Waals surface area contributed by atoms with Gasteiger partial charge in [-0.15, -0.1) is 0 Å². The normalized spacial score (nSPS) is 12.0. The summed E-state index contributed by atoms with van der Waals surface area (Å²) in [4.78, 5) is 23.6. The van der Waals surface area contributed by atoms with E-state index in [1.165, 1.54) is 30.3 Å². The number of amides is 2. The van der Waals surface area contributed by atoms with Crippen molar-refractivity contribution in [3.05, 3.63) is 72.0 Å². The van der Waals surface area contributed by atoms with Gasteiger partial charge in [-0.1, -0.05) is 35.5 Å². The highest BCUT2D eigenvalue weighted by Crippen LogP contribution is 2.18. The molecule has 0 aliphatic rings. The molecule has 1 atom stereocenters. The van der Waals surface area contributed by atoms with E-state index in [0.717, 1.165) is 5.56 Å². The van der Waals surface area contributed by atoms with E-state index in [1.807, 2.05) is 6.07 Å². The summed E-state index contributed by atoms with van der Waals surface area (Å²) < 4.78 is 31.9. The van der Waals surface area contributed by atoms with Crippen LogP contribution in [0.4, 0.5) is 16.3 Å². The Bertz CT molecular complexity index is 1160. The molecule has 0 saturated heterocycles. The molecule has 4 N–H and O–H groups in total. The van der Waals surface area contributed by atoms with Gasteiger partial charge in [0.15, 0.2) is 5.82 Å². The van der Waals surface area contributed by atoms with Crippen LogP contribution >= 0.6 is 0 Å².